The zero-order chi connectivity index (χ0) is 31.5. The third kappa shape index (κ3) is 7.14. The quantitative estimate of drug-likeness (QED) is 0.274. The molecule has 1 saturated heterocycles. The summed E-state index contributed by atoms with van der Waals surface area (Å²) < 4.78 is 86.4. The first-order valence-corrected chi connectivity index (χ1v) is 15.3. The van der Waals surface area contributed by atoms with Gasteiger partial charge >= 0.3 is 13.7 Å². The first-order valence-electron chi connectivity index (χ1n) is 13.8. The average molecular weight is 646 g/mol. The monoisotopic (exact) mass is 645 g/mol. The summed E-state index contributed by atoms with van der Waals surface area (Å²) in [6, 6.07) is 6.58. The lowest BCUT2D eigenvalue weighted by Gasteiger charge is -2.24. The average Bonchev–Trinajstić information content (AvgIpc) is 3.50. The van der Waals surface area contributed by atoms with Gasteiger partial charge in [0, 0.05) is 6.42 Å². The standard InChI is InChI=1S/C26H31F3N5O9P/c1-16-23(36)39-11-7-3-6-10-25(27,28)13-40-22-19-21(30-14-31-22)34(15-32-19)24-26(29,37)20(35)18(42-24)12-41-44(38,33-16)43-17-8-4-2-5-9-17/h2,4-5,8-9,14-16,18,20,24,35,37H,3,6-7,10-13H2,1H3,(H,33,38)/t16-,18-,20-,24-,26-,44?/m1/s1. The number of aliphatic hydroxyl groups excluding tert-OH is 1. The molecule has 2 aliphatic heterocycles. The van der Waals surface area contributed by atoms with Gasteiger partial charge in [-0.15, -0.1) is 0 Å². The maximum atomic E-state index is 15.6. The van der Waals surface area contributed by atoms with Gasteiger partial charge in [-0.2, -0.15) is 10.1 Å². The molecule has 44 heavy (non-hydrogen) atoms. The Balaban J connectivity index is 1.44. The van der Waals surface area contributed by atoms with Gasteiger partial charge < -0.3 is 28.9 Å². The number of para-hydroxylation sites is 1. The van der Waals surface area contributed by atoms with Crippen molar-refractivity contribution in [2.75, 3.05) is 19.8 Å². The van der Waals surface area contributed by atoms with Gasteiger partial charge in [-0.25, -0.2) is 27.7 Å². The van der Waals surface area contributed by atoms with E-state index in [1.165, 1.54) is 19.1 Å². The molecule has 1 aromatic carbocycles. The minimum atomic E-state index is -4.44. The number of carbonyl (C=O) groups is 1. The number of aliphatic hydroxyl groups is 2. The van der Waals surface area contributed by atoms with Gasteiger partial charge in [0.25, 0.3) is 11.8 Å². The highest BCUT2D eigenvalue weighted by Gasteiger charge is 2.58. The number of hydrogen-bond donors (Lipinski definition) is 3. The fourth-order valence-electron chi connectivity index (χ4n) is 4.62. The van der Waals surface area contributed by atoms with Crippen LogP contribution in [0.3, 0.4) is 0 Å². The number of alkyl halides is 3. The van der Waals surface area contributed by atoms with Crippen LogP contribution < -0.4 is 14.3 Å². The normalized spacial score (nSPS) is 32.3. The summed E-state index contributed by atoms with van der Waals surface area (Å²) in [5, 5.41) is 23.7. The minimum Gasteiger partial charge on any atom is -0.470 e. The Morgan fingerprint density at radius 2 is 1.89 bits per heavy atom. The summed E-state index contributed by atoms with van der Waals surface area (Å²) in [6.07, 6.45) is -3.67. The van der Waals surface area contributed by atoms with Crippen molar-refractivity contribution in [2.45, 2.75) is 68.9 Å². The number of ether oxygens (including phenoxy) is 3. The third-order valence-corrected chi connectivity index (χ3v) is 8.57. The van der Waals surface area contributed by atoms with Crippen molar-refractivity contribution in [1.29, 1.82) is 0 Å². The lowest BCUT2D eigenvalue weighted by molar-refractivity contribution is -0.195. The molecule has 18 heteroatoms. The van der Waals surface area contributed by atoms with Crippen molar-refractivity contribution in [3.05, 3.63) is 43.0 Å². The summed E-state index contributed by atoms with van der Waals surface area (Å²) in [4.78, 5) is 24.4. The number of halogens is 3. The van der Waals surface area contributed by atoms with Gasteiger partial charge in [0.1, 0.15) is 30.3 Å². The van der Waals surface area contributed by atoms with E-state index in [0.717, 1.165) is 17.2 Å². The van der Waals surface area contributed by atoms with Crippen LogP contribution in [0.5, 0.6) is 11.6 Å². The van der Waals surface area contributed by atoms with Gasteiger partial charge in [0.05, 0.1) is 19.5 Å². The smallest absolute Gasteiger partial charge is 0.459 e. The van der Waals surface area contributed by atoms with Crippen LogP contribution in [0.15, 0.2) is 43.0 Å². The summed E-state index contributed by atoms with van der Waals surface area (Å²) in [6.45, 7) is -0.560. The molecule has 2 aromatic heterocycles. The molecule has 0 aliphatic carbocycles. The van der Waals surface area contributed by atoms with Crippen LogP contribution in [0.4, 0.5) is 13.2 Å². The molecule has 1 fully saturated rings. The maximum absolute atomic E-state index is 15.6. The number of imidazole rings is 1. The van der Waals surface area contributed by atoms with Crippen LogP contribution in [0.25, 0.3) is 11.2 Å². The molecule has 6 atom stereocenters. The van der Waals surface area contributed by atoms with E-state index in [1.807, 2.05) is 0 Å². The number of hydrogen-bond acceptors (Lipinski definition) is 12. The first-order chi connectivity index (χ1) is 20.9. The molecule has 240 valence electrons. The summed E-state index contributed by atoms with van der Waals surface area (Å²) in [7, 11) is -4.44. The Labute approximate surface area is 249 Å². The number of carbonyl (C=O) groups excluding carboxylic acids is 1. The summed E-state index contributed by atoms with van der Waals surface area (Å²) in [5.74, 6) is -7.74. The Hall–Kier alpha value is -3.34. The van der Waals surface area contributed by atoms with E-state index in [4.69, 9.17) is 23.3 Å². The van der Waals surface area contributed by atoms with Crippen molar-refractivity contribution >= 4 is 24.9 Å². The number of esters is 1. The van der Waals surface area contributed by atoms with Gasteiger partial charge in [0.15, 0.2) is 24.0 Å². The maximum Gasteiger partial charge on any atom is 0.459 e. The van der Waals surface area contributed by atoms with E-state index in [1.54, 1.807) is 18.2 Å². The molecule has 6 bridgehead atoms. The van der Waals surface area contributed by atoms with E-state index in [-0.39, 0.29) is 42.2 Å². The highest BCUT2D eigenvalue weighted by molar-refractivity contribution is 7.52. The number of fused-ring (bicyclic) bond motifs is 3. The zero-order valence-corrected chi connectivity index (χ0v) is 24.3. The second-order valence-electron chi connectivity index (χ2n) is 10.4. The van der Waals surface area contributed by atoms with Crippen LogP contribution in [-0.4, -0.2) is 85.5 Å². The van der Waals surface area contributed by atoms with Crippen LogP contribution in [0.1, 0.15) is 38.8 Å². The van der Waals surface area contributed by atoms with Gasteiger partial charge in [-0.1, -0.05) is 18.2 Å². The van der Waals surface area contributed by atoms with Crippen molar-refractivity contribution in [1.82, 2.24) is 24.6 Å². The van der Waals surface area contributed by atoms with E-state index in [9.17, 15) is 28.4 Å². The van der Waals surface area contributed by atoms with E-state index in [2.05, 4.69) is 20.0 Å². The van der Waals surface area contributed by atoms with Gasteiger partial charge in [-0.3, -0.25) is 13.9 Å². The minimum absolute atomic E-state index is 0.0855. The predicted octanol–water partition coefficient (Wildman–Crippen LogP) is 3.06. The Morgan fingerprint density at radius 3 is 2.66 bits per heavy atom. The fourth-order valence-corrected chi connectivity index (χ4v) is 6.12. The highest BCUT2D eigenvalue weighted by atomic mass is 31.2. The summed E-state index contributed by atoms with van der Waals surface area (Å²) in [5.41, 5.74) is -0.276. The SMILES string of the molecule is C[C@H]1NP(=O)(Oc2ccccc2)OC[C@H]2O[C@@H](n3cnc4c(ncnc43)OCC(F)(F)CCCCCOC1=O)[C@@](O)(F)[C@@H]2O. The topological polar surface area (TPSA) is 176 Å². The molecule has 14 nitrogen and oxygen atoms in total. The third-order valence-electron chi connectivity index (χ3n) is 6.93. The number of nitrogens with zero attached hydrogens (tertiary/aromatic N) is 4. The Kier molecular flexibility index (Phi) is 9.44. The molecule has 3 aromatic rings. The largest absolute Gasteiger partial charge is 0.470 e. The van der Waals surface area contributed by atoms with Crippen LogP contribution in [0.2, 0.25) is 0 Å². The van der Waals surface area contributed by atoms with Crippen molar-refractivity contribution in [3.8, 4) is 11.6 Å². The number of cyclic esters (lactones) is 1. The molecule has 3 N–H and O–H groups in total. The van der Waals surface area contributed by atoms with Crippen LogP contribution >= 0.6 is 7.75 Å². The highest BCUT2D eigenvalue weighted by Crippen LogP contribution is 2.47. The second-order valence-corrected chi connectivity index (χ2v) is 12.1. The van der Waals surface area contributed by atoms with Crippen LogP contribution in [0, 0.1) is 0 Å². The molecule has 0 amide bonds. The molecular formula is C26H31F3N5O9P. The van der Waals surface area contributed by atoms with Gasteiger partial charge in [-0.05, 0) is 38.3 Å². The van der Waals surface area contributed by atoms with Crippen molar-refractivity contribution in [2.24, 2.45) is 0 Å². The molecule has 0 spiro atoms. The lowest BCUT2D eigenvalue weighted by Crippen LogP contribution is -2.43. The van der Waals surface area contributed by atoms with Crippen molar-refractivity contribution in [3.63, 3.8) is 0 Å². The number of aromatic nitrogens is 4. The summed E-state index contributed by atoms with van der Waals surface area (Å²) >= 11 is 0. The molecule has 5 rings (SSSR count). The van der Waals surface area contributed by atoms with E-state index < -0.39 is 69.6 Å². The molecular weight excluding hydrogens is 614 g/mol. The number of nitrogens with one attached hydrogen (secondary N) is 1. The Bertz CT molecular complexity index is 1500. The first kappa shape index (κ1) is 32.1. The number of benzene rings is 1. The van der Waals surface area contributed by atoms with Gasteiger partial charge in [0.2, 0.25) is 5.88 Å². The Morgan fingerprint density at radius 1 is 1.11 bits per heavy atom. The van der Waals surface area contributed by atoms with E-state index >= 15 is 4.39 Å². The molecule has 0 saturated carbocycles. The second kappa shape index (κ2) is 12.9. The fraction of sp³-hybridized carbons (Fsp3) is 0.538. The predicted molar refractivity (Wildman–Crippen MR) is 144 cm³/mol. The van der Waals surface area contributed by atoms with Crippen LogP contribution in [-0.2, 0) is 23.4 Å². The molecule has 1 unspecified atom stereocenters. The number of rotatable bonds is 2. The van der Waals surface area contributed by atoms with E-state index in [0.29, 0.717) is 6.42 Å². The molecule has 2 aliphatic rings. The van der Waals surface area contributed by atoms with Crippen molar-refractivity contribution < 1.29 is 56.0 Å². The lowest BCUT2D eigenvalue weighted by atomic mass is 10.1. The molecule has 4 heterocycles. The molecule has 0 radical (unpaired) electrons. The zero-order valence-electron chi connectivity index (χ0n) is 23.4.